The van der Waals surface area contributed by atoms with Gasteiger partial charge in [-0.1, -0.05) is 37.3 Å². The molecule has 2 aromatic heterocycles. The van der Waals surface area contributed by atoms with Crippen molar-refractivity contribution in [1.82, 2.24) is 14.9 Å². The Balaban J connectivity index is 1.55. The minimum Gasteiger partial charge on any atom is -0.387 e. The maximum atomic E-state index is 12.6. The van der Waals surface area contributed by atoms with Crippen molar-refractivity contribution in [2.75, 3.05) is 13.1 Å². The van der Waals surface area contributed by atoms with Crippen molar-refractivity contribution < 1.29 is 5.11 Å². The average molecular weight is 384 g/mol. The van der Waals surface area contributed by atoms with Gasteiger partial charge in [0.25, 0.3) is 5.56 Å². The van der Waals surface area contributed by atoms with Crippen molar-refractivity contribution in [3.8, 4) is 0 Å². The van der Waals surface area contributed by atoms with Crippen LogP contribution in [0.4, 0.5) is 0 Å². The number of aliphatic hydroxyl groups is 1. The molecule has 142 valence electrons. The molecule has 0 bridgehead atoms. The summed E-state index contributed by atoms with van der Waals surface area (Å²) >= 11 is 1.67. The van der Waals surface area contributed by atoms with E-state index in [1.54, 1.807) is 11.3 Å². The highest BCUT2D eigenvalue weighted by Crippen LogP contribution is 2.34. The number of nitrogens with one attached hydrogen (secondary N) is 1. The number of rotatable bonds is 7. The van der Waals surface area contributed by atoms with E-state index in [0.29, 0.717) is 18.9 Å². The van der Waals surface area contributed by atoms with Crippen LogP contribution in [-0.2, 0) is 19.4 Å². The van der Waals surface area contributed by atoms with Gasteiger partial charge in [0.15, 0.2) is 0 Å². The van der Waals surface area contributed by atoms with Crippen molar-refractivity contribution in [1.29, 1.82) is 0 Å². The molecule has 0 saturated heterocycles. The lowest BCUT2D eigenvalue weighted by Crippen LogP contribution is -2.30. The lowest BCUT2D eigenvalue weighted by atomic mass is 10.1. The van der Waals surface area contributed by atoms with Crippen LogP contribution in [0.5, 0.6) is 0 Å². The Labute approximate surface area is 162 Å². The van der Waals surface area contributed by atoms with E-state index in [9.17, 15) is 9.90 Å². The number of thiophene rings is 1. The first-order chi connectivity index (χ1) is 13.2. The number of benzene rings is 1. The third-order valence-electron chi connectivity index (χ3n) is 5.15. The molecular weight excluding hydrogens is 358 g/mol. The summed E-state index contributed by atoms with van der Waals surface area (Å²) in [5.74, 6) is 0.682. The Bertz CT molecular complexity index is 980. The standard InChI is InChI=1S/C21H25N3O2S/c1-2-11-24(12-16(25)14-7-4-3-5-8-14)13-18-22-20(26)19-15-9-6-10-17(15)27-21(19)23-18/h3-5,7-8,16,25H,2,6,9-13H2,1H3,(H,22,23,26). The number of aryl methyl sites for hydroxylation is 2. The minimum atomic E-state index is -0.557. The molecule has 5 nitrogen and oxygen atoms in total. The van der Waals surface area contributed by atoms with E-state index in [0.717, 1.165) is 48.0 Å². The molecule has 1 aliphatic carbocycles. The van der Waals surface area contributed by atoms with Crippen molar-refractivity contribution in [3.05, 3.63) is 62.5 Å². The zero-order valence-corrected chi connectivity index (χ0v) is 16.4. The van der Waals surface area contributed by atoms with E-state index < -0.39 is 6.10 Å². The lowest BCUT2D eigenvalue weighted by molar-refractivity contribution is 0.107. The number of nitrogens with zero attached hydrogens (tertiary/aromatic N) is 2. The average Bonchev–Trinajstić information content (AvgIpc) is 3.23. The SMILES string of the molecule is CCCN(Cc1nc2sc3c(c2c(=O)[nH]1)CCC3)CC(O)c1ccccc1. The van der Waals surface area contributed by atoms with Crippen molar-refractivity contribution in [2.24, 2.45) is 0 Å². The Morgan fingerprint density at radius 2 is 2.11 bits per heavy atom. The molecular formula is C21H25N3O2S. The summed E-state index contributed by atoms with van der Waals surface area (Å²) in [7, 11) is 0. The third-order valence-corrected chi connectivity index (χ3v) is 6.34. The summed E-state index contributed by atoms with van der Waals surface area (Å²) in [6.45, 7) is 4.00. The van der Waals surface area contributed by atoms with Gasteiger partial charge in [0.05, 0.1) is 18.0 Å². The van der Waals surface area contributed by atoms with E-state index >= 15 is 0 Å². The van der Waals surface area contributed by atoms with Crippen LogP contribution in [0.1, 0.15) is 47.7 Å². The van der Waals surface area contributed by atoms with E-state index in [2.05, 4.69) is 16.8 Å². The largest absolute Gasteiger partial charge is 0.387 e. The molecule has 0 fully saturated rings. The molecule has 0 aliphatic heterocycles. The number of aromatic nitrogens is 2. The Morgan fingerprint density at radius 3 is 2.89 bits per heavy atom. The first-order valence-electron chi connectivity index (χ1n) is 9.64. The molecule has 2 heterocycles. The number of H-pyrrole nitrogens is 1. The molecule has 1 aliphatic rings. The van der Waals surface area contributed by atoms with Crippen LogP contribution in [0.2, 0.25) is 0 Å². The Kier molecular flexibility index (Phi) is 5.38. The van der Waals surface area contributed by atoms with Crippen molar-refractivity contribution in [2.45, 2.75) is 45.3 Å². The maximum absolute atomic E-state index is 12.6. The summed E-state index contributed by atoms with van der Waals surface area (Å²) < 4.78 is 0. The van der Waals surface area contributed by atoms with Gasteiger partial charge in [-0.05, 0) is 43.4 Å². The Morgan fingerprint density at radius 1 is 1.30 bits per heavy atom. The fourth-order valence-corrected chi connectivity index (χ4v) is 5.19. The number of fused-ring (bicyclic) bond motifs is 3. The zero-order chi connectivity index (χ0) is 18.8. The fraction of sp³-hybridized carbons (Fsp3) is 0.429. The molecule has 3 aromatic rings. The van der Waals surface area contributed by atoms with Crippen LogP contribution in [0.25, 0.3) is 10.2 Å². The zero-order valence-electron chi connectivity index (χ0n) is 15.6. The smallest absolute Gasteiger partial charge is 0.259 e. The van der Waals surface area contributed by atoms with Crippen LogP contribution < -0.4 is 5.56 Å². The molecule has 1 unspecified atom stereocenters. The summed E-state index contributed by atoms with van der Waals surface area (Å²) in [5, 5.41) is 11.4. The molecule has 6 heteroatoms. The summed E-state index contributed by atoms with van der Waals surface area (Å²) in [6, 6.07) is 9.70. The molecule has 0 radical (unpaired) electrons. The fourth-order valence-electron chi connectivity index (χ4n) is 3.91. The van der Waals surface area contributed by atoms with Crippen LogP contribution >= 0.6 is 11.3 Å². The highest BCUT2D eigenvalue weighted by Gasteiger charge is 2.22. The molecule has 1 atom stereocenters. The monoisotopic (exact) mass is 383 g/mol. The van der Waals surface area contributed by atoms with Crippen LogP contribution in [0.15, 0.2) is 35.1 Å². The second-order valence-electron chi connectivity index (χ2n) is 7.21. The first kappa shape index (κ1) is 18.3. The van der Waals surface area contributed by atoms with Crippen LogP contribution in [-0.4, -0.2) is 33.1 Å². The number of hydrogen-bond donors (Lipinski definition) is 2. The van der Waals surface area contributed by atoms with E-state index in [4.69, 9.17) is 4.98 Å². The number of aromatic amines is 1. The van der Waals surface area contributed by atoms with Gasteiger partial charge in [-0.2, -0.15) is 0 Å². The summed E-state index contributed by atoms with van der Waals surface area (Å²) in [4.78, 5) is 24.7. The quantitative estimate of drug-likeness (QED) is 0.656. The highest BCUT2D eigenvalue weighted by molar-refractivity contribution is 7.18. The van der Waals surface area contributed by atoms with E-state index in [1.807, 2.05) is 30.3 Å². The normalized spacial score (nSPS) is 14.8. The van der Waals surface area contributed by atoms with Gasteiger partial charge in [-0.25, -0.2) is 4.98 Å². The van der Waals surface area contributed by atoms with Gasteiger partial charge in [0.1, 0.15) is 10.7 Å². The number of aliphatic hydroxyl groups excluding tert-OH is 1. The number of hydrogen-bond acceptors (Lipinski definition) is 5. The summed E-state index contributed by atoms with van der Waals surface area (Å²) in [5.41, 5.74) is 2.10. The Hall–Kier alpha value is -2.02. The summed E-state index contributed by atoms with van der Waals surface area (Å²) in [6.07, 6.45) is 3.61. The van der Waals surface area contributed by atoms with Crippen molar-refractivity contribution >= 4 is 21.6 Å². The molecule has 27 heavy (non-hydrogen) atoms. The van der Waals surface area contributed by atoms with E-state index in [-0.39, 0.29) is 5.56 Å². The topological polar surface area (TPSA) is 69.2 Å². The van der Waals surface area contributed by atoms with Gasteiger partial charge in [-0.15, -0.1) is 11.3 Å². The van der Waals surface area contributed by atoms with Gasteiger partial charge in [-0.3, -0.25) is 9.69 Å². The van der Waals surface area contributed by atoms with Gasteiger partial charge < -0.3 is 10.1 Å². The molecule has 0 spiro atoms. The molecule has 4 rings (SSSR count). The predicted molar refractivity (Wildman–Crippen MR) is 109 cm³/mol. The van der Waals surface area contributed by atoms with Crippen LogP contribution in [0, 0.1) is 0 Å². The van der Waals surface area contributed by atoms with Gasteiger partial charge in [0, 0.05) is 11.4 Å². The second-order valence-corrected chi connectivity index (χ2v) is 8.30. The lowest BCUT2D eigenvalue weighted by Gasteiger charge is -2.24. The predicted octanol–water partition coefficient (Wildman–Crippen LogP) is 3.42. The molecule has 0 saturated carbocycles. The minimum absolute atomic E-state index is 0.0190. The molecule has 0 amide bonds. The maximum Gasteiger partial charge on any atom is 0.259 e. The van der Waals surface area contributed by atoms with Crippen molar-refractivity contribution in [3.63, 3.8) is 0 Å². The molecule has 2 N–H and O–H groups in total. The second kappa shape index (κ2) is 7.92. The third kappa shape index (κ3) is 3.83. The van der Waals surface area contributed by atoms with Crippen LogP contribution in [0.3, 0.4) is 0 Å². The highest BCUT2D eigenvalue weighted by atomic mass is 32.1. The molecule has 1 aromatic carbocycles. The van der Waals surface area contributed by atoms with Gasteiger partial charge >= 0.3 is 0 Å². The van der Waals surface area contributed by atoms with Gasteiger partial charge in [0.2, 0.25) is 0 Å². The van der Waals surface area contributed by atoms with E-state index in [1.165, 1.54) is 10.4 Å². The first-order valence-corrected chi connectivity index (χ1v) is 10.5.